The van der Waals surface area contributed by atoms with Crippen molar-refractivity contribution in [1.82, 2.24) is 29.4 Å². The number of hydrogen-bond acceptors (Lipinski definition) is 8. The Morgan fingerprint density at radius 2 is 2.03 bits per heavy atom. The fraction of sp³-hybridized carbons (Fsp3) is 0.478. The summed E-state index contributed by atoms with van der Waals surface area (Å²) in [5, 5.41) is 19.5. The van der Waals surface area contributed by atoms with Crippen molar-refractivity contribution in [3.63, 3.8) is 0 Å². The number of aromatic nitrogens is 6. The van der Waals surface area contributed by atoms with E-state index in [1.54, 1.807) is 11.6 Å². The molecule has 0 bridgehead atoms. The van der Waals surface area contributed by atoms with Crippen LogP contribution in [0.5, 0.6) is 5.75 Å². The molecule has 1 saturated heterocycles. The summed E-state index contributed by atoms with van der Waals surface area (Å²) in [6, 6.07) is 3.08. The second-order valence-electron chi connectivity index (χ2n) is 9.11. The Labute approximate surface area is 196 Å². The summed E-state index contributed by atoms with van der Waals surface area (Å²) in [4.78, 5) is 11.4. The van der Waals surface area contributed by atoms with Gasteiger partial charge in [-0.05, 0) is 39.7 Å². The number of benzene rings is 1. The highest BCUT2D eigenvalue weighted by Crippen LogP contribution is 2.34. The molecule has 1 aromatic carbocycles. The minimum absolute atomic E-state index is 0.0613. The quantitative estimate of drug-likeness (QED) is 0.459. The molecular weight excluding hydrogens is 439 g/mol. The molecule has 0 aliphatic carbocycles. The van der Waals surface area contributed by atoms with E-state index in [0.29, 0.717) is 35.0 Å². The van der Waals surface area contributed by atoms with Crippen LogP contribution >= 0.6 is 0 Å². The number of hydrogen-bond donors (Lipinski definition) is 2. The molecule has 4 atom stereocenters. The van der Waals surface area contributed by atoms with E-state index in [1.807, 2.05) is 19.3 Å². The maximum atomic E-state index is 14.4. The van der Waals surface area contributed by atoms with Gasteiger partial charge in [0.2, 0.25) is 5.95 Å². The predicted molar refractivity (Wildman–Crippen MR) is 127 cm³/mol. The third kappa shape index (κ3) is 3.69. The molecule has 10 nitrogen and oxygen atoms in total. The maximum absolute atomic E-state index is 14.4. The van der Waals surface area contributed by atoms with Gasteiger partial charge in [-0.1, -0.05) is 0 Å². The molecule has 34 heavy (non-hydrogen) atoms. The molecule has 0 spiro atoms. The standard InChI is InChI=1S/C23H29FN8O2/c1-12-5-6-15(10-30(12)16-9-26-31(11-16)13(2)14(3)33)21-28-22-17-7-18(24)20(34-4)8-19(17)27-23(25)32(22)29-21/h7-9,11-15,33H,5-6,10H2,1-4H3,(H2,25,27)/t12-,13-,14+,15+/m0/s1. The molecule has 1 aliphatic heterocycles. The van der Waals surface area contributed by atoms with Gasteiger partial charge in [0.05, 0.1) is 36.7 Å². The Balaban J connectivity index is 1.49. The summed E-state index contributed by atoms with van der Waals surface area (Å²) in [5.41, 5.74) is 8.13. The van der Waals surface area contributed by atoms with Gasteiger partial charge in [0.15, 0.2) is 23.0 Å². The zero-order chi connectivity index (χ0) is 24.1. The minimum Gasteiger partial charge on any atom is -0.494 e. The van der Waals surface area contributed by atoms with Crippen LogP contribution in [0.3, 0.4) is 0 Å². The number of piperidine rings is 1. The summed E-state index contributed by atoms with van der Waals surface area (Å²) in [6.07, 6.45) is 5.18. The van der Waals surface area contributed by atoms with Crippen LogP contribution in [0.15, 0.2) is 24.5 Å². The molecule has 0 unspecified atom stereocenters. The highest BCUT2D eigenvalue weighted by Gasteiger charge is 2.31. The number of anilines is 2. The van der Waals surface area contributed by atoms with Crippen molar-refractivity contribution in [2.75, 3.05) is 24.3 Å². The van der Waals surface area contributed by atoms with Crippen molar-refractivity contribution < 1.29 is 14.2 Å². The van der Waals surface area contributed by atoms with Crippen LogP contribution < -0.4 is 15.4 Å². The van der Waals surface area contributed by atoms with Gasteiger partial charge in [-0.25, -0.2) is 14.4 Å². The lowest BCUT2D eigenvalue weighted by Gasteiger charge is -2.37. The molecule has 180 valence electrons. The smallest absolute Gasteiger partial charge is 0.223 e. The highest BCUT2D eigenvalue weighted by atomic mass is 19.1. The average molecular weight is 469 g/mol. The number of fused-ring (bicyclic) bond motifs is 3. The number of nitrogens with two attached hydrogens (primary N) is 1. The largest absolute Gasteiger partial charge is 0.494 e. The number of nitrogens with zero attached hydrogens (tertiary/aromatic N) is 7. The van der Waals surface area contributed by atoms with Crippen LogP contribution in [-0.2, 0) is 0 Å². The molecule has 5 rings (SSSR count). The van der Waals surface area contributed by atoms with Crippen LogP contribution in [-0.4, -0.2) is 60.3 Å². The van der Waals surface area contributed by atoms with Crippen LogP contribution in [0, 0.1) is 5.82 Å². The van der Waals surface area contributed by atoms with Crippen molar-refractivity contribution in [1.29, 1.82) is 0 Å². The Hall–Kier alpha value is -3.47. The van der Waals surface area contributed by atoms with E-state index in [-0.39, 0.29) is 23.7 Å². The van der Waals surface area contributed by atoms with Gasteiger partial charge in [-0.2, -0.15) is 9.61 Å². The first-order valence-electron chi connectivity index (χ1n) is 11.4. The van der Waals surface area contributed by atoms with E-state index in [0.717, 1.165) is 18.5 Å². The second-order valence-corrected chi connectivity index (χ2v) is 9.11. The molecule has 0 saturated carbocycles. The van der Waals surface area contributed by atoms with Gasteiger partial charge in [0.1, 0.15) is 0 Å². The van der Waals surface area contributed by atoms with Gasteiger partial charge in [-0.15, -0.1) is 5.10 Å². The summed E-state index contributed by atoms with van der Waals surface area (Å²) < 4.78 is 22.8. The number of aliphatic hydroxyl groups is 1. The molecule has 0 radical (unpaired) electrons. The lowest BCUT2D eigenvalue weighted by molar-refractivity contribution is 0.132. The van der Waals surface area contributed by atoms with E-state index < -0.39 is 11.9 Å². The number of rotatable bonds is 5. The second kappa shape index (κ2) is 8.39. The Morgan fingerprint density at radius 3 is 2.76 bits per heavy atom. The average Bonchev–Trinajstić information content (AvgIpc) is 3.47. The number of methoxy groups -OCH3 is 1. The van der Waals surface area contributed by atoms with Gasteiger partial charge < -0.3 is 20.5 Å². The molecular formula is C23H29FN8O2. The monoisotopic (exact) mass is 468 g/mol. The summed E-state index contributed by atoms with van der Waals surface area (Å²) in [6.45, 7) is 6.59. The Morgan fingerprint density at radius 1 is 1.24 bits per heavy atom. The zero-order valence-electron chi connectivity index (χ0n) is 19.7. The van der Waals surface area contributed by atoms with Gasteiger partial charge in [0, 0.05) is 36.2 Å². The van der Waals surface area contributed by atoms with Crippen molar-refractivity contribution in [3.05, 3.63) is 36.2 Å². The first kappa shape index (κ1) is 22.3. The van der Waals surface area contributed by atoms with E-state index in [1.165, 1.54) is 23.8 Å². The van der Waals surface area contributed by atoms with Crippen molar-refractivity contribution in [3.8, 4) is 5.75 Å². The number of halogens is 1. The first-order chi connectivity index (χ1) is 16.3. The lowest BCUT2D eigenvalue weighted by Crippen LogP contribution is -2.41. The molecule has 4 heterocycles. The Bertz CT molecular complexity index is 1350. The van der Waals surface area contributed by atoms with Crippen molar-refractivity contribution >= 4 is 28.2 Å². The molecule has 1 fully saturated rings. The summed E-state index contributed by atoms with van der Waals surface area (Å²) in [7, 11) is 1.41. The van der Waals surface area contributed by atoms with Gasteiger partial charge >= 0.3 is 0 Å². The molecule has 3 aromatic heterocycles. The van der Waals surface area contributed by atoms with Crippen LogP contribution in [0.1, 0.15) is 51.4 Å². The van der Waals surface area contributed by atoms with Gasteiger partial charge in [0.25, 0.3) is 0 Å². The SMILES string of the molecule is COc1cc2nc(N)n3nc([C@@H]4CC[C@H](C)N(c5cnn([C@@H](C)[C@@H](C)O)c5)C4)nc3c2cc1F. The fourth-order valence-electron chi connectivity index (χ4n) is 4.57. The third-order valence-corrected chi connectivity index (χ3v) is 6.87. The minimum atomic E-state index is -0.500. The highest BCUT2D eigenvalue weighted by molar-refractivity contribution is 5.93. The normalized spacial score (nSPS) is 20.7. The molecule has 4 aromatic rings. The van der Waals surface area contributed by atoms with E-state index >= 15 is 0 Å². The lowest BCUT2D eigenvalue weighted by atomic mass is 9.92. The van der Waals surface area contributed by atoms with Crippen LogP contribution in [0.2, 0.25) is 0 Å². The zero-order valence-corrected chi connectivity index (χ0v) is 19.7. The Kier molecular flexibility index (Phi) is 5.51. The number of ether oxygens (including phenoxy) is 1. The summed E-state index contributed by atoms with van der Waals surface area (Å²) in [5.74, 6) is 0.509. The van der Waals surface area contributed by atoms with E-state index in [4.69, 9.17) is 15.5 Å². The number of nitrogen functional groups attached to an aromatic ring is 1. The van der Waals surface area contributed by atoms with Gasteiger partial charge in [-0.3, -0.25) is 4.68 Å². The molecule has 0 amide bonds. The summed E-state index contributed by atoms with van der Waals surface area (Å²) >= 11 is 0. The molecule has 11 heteroatoms. The predicted octanol–water partition coefficient (Wildman–Crippen LogP) is 2.92. The van der Waals surface area contributed by atoms with E-state index in [9.17, 15) is 9.50 Å². The number of aliphatic hydroxyl groups excluding tert-OH is 1. The fourth-order valence-corrected chi connectivity index (χ4v) is 4.57. The van der Waals surface area contributed by atoms with Crippen LogP contribution in [0.25, 0.3) is 16.6 Å². The van der Waals surface area contributed by atoms with E-state index in [2.05, 4.69) is 27.0 Å². The molecule has 1 aliphatic rings. The van der Waals surface area contributed by atoms with Crippen LogP contribution in [0.4, 0.5) is 16.0 Å². The maximum Gasteiger partial charge on any atom is 0.223 e. The third-order valence-electron chi connectivity index (χ3n) is 6.87. The van der Waals surface area contributed by atoms with Crippen molar-refractivity contribution in [2.24, 2.45) is 0 Å². The first-order valence-corrected chi connectivity index (χ1v) is 11.4. The van der Waals surface area contributed by atoms with Crippen molar-refractivity contribution in [2.45, 2.75) is 57.7 Å². The topological polar surface area (TPSA) is 120 Å². The molecule has 3 N–H and O–H groups in total.